The Labute approximate surface area is 178 Å². The molecule has 1 aromatic carbocycles. The molecular formula is C18H24F3IN4S. The van der Waals surface area contributed by atoms with E-state index in [-0.39, 0.29) is 36.4 Å². The van der Waals surface area contributed by atoms with Crippen LogP contribution in [-0.4, -0.2) is 24.0 Å². The highest BCUT2D eigenvalue weighted by Crippen LogP contribution is 2.30. The van der Waals surface area contributed by atoms with Gasteiger partial charge in [0, 0.05) is 18.5 Å². The minimum atomic E-state index is -4.41. The van der Waals surface area contributed by atoms with Crippen LogP contribution in [0.4, 0.5) is 13.2 Å². The number of nitrogens with zero attached hydrogens (tertiary/aromatic N) is 2. The Morgan fingerprint density at radius 2 is 1.89 bits per heavy atom. The molecule has 0 saturated carbocycles. The Morgan fingerprint density at radius 1 is 1.22 bits per heavy atom. The van der Waals surface area contributed by atoms with Crippen LogP contribution < -0.4 is 10.6 Å². The number of aromatic nitrogens is 1. The van der Waals surface area contributed by atoms with E-state index in [0.29, 0.717) is 24.1 Å². The molecule has 2 aromatic rings. The minimum Gasteiger partial charge on any atom is -0.357 e. The quantitative estimate of drug-likeness (QED) is 0.328. The van der Waals surface area contributed by atoms with E-state index in [9.17, 15) is 13.2 Å². The highest BCUT2D eigenvalue weighted by molar-refractivity contribution is 14.0. The summed E-state index contributed by atoms with van der Waals surface area (Å²) in [6.07, 6.45) is -4.41. The molecule has 0 aliphatic heterocycles. The maximum atomic E-state index is 12.6. The van der Waals surface area contributed by atoms with Crippen LogP contribution in [0.1, 0.15) is 41.6 Å². The van der Waals surface area contributed by atoms with Crippen LogP contribution in [0.25, 0.3) is 0 Å². The maximum absolute atomic E-state index is 12.6. The van der Waals surface area contributed by atoms with Crippen LogP contribution in [0, 0.1) is 6.92 Å². The van der Waals surface area contributed by atoms with Crippen molar-refractivity contribution in [2.75, 3.05) is 13.1 Å². The predicted octanol–water partition coefficient (Wildman–Crippen LogP) is 4.95. The van der Waals surface area contributed by atoms with Crippen molar-refractivity contribution in [3.05, 3.63) is 51.5 Å². The Hall–Kier alpha value is -1.36. The summed E-state index contributed by atoms with van der Waals surface area (Å²) >= 11 is 0.965. The van der Waals surface area contributed by atoms with Crippen molar-refractivity contribution in [2.45, 2.75) is 39.4 Å². The lowest BCUT2D eigenvalue weighted by atomic mass is 10.0. The van der Waals surface area contributed by atoms with E-state index in [1.165, 1.54) is 11.1 Å². The van der Waals surface area contributed by atoms with Gasteiger partial charge >= 0.3 is 6.18 Å². The van der Waals surface area contributed by atoms with Crippen LogP contribution in [0.2, 0.25) is 0 Å². The van der Waals surface area contributed by atoms with Gasteiger partial charge in [0.2, 0.25) is 0 Å². The molecule has 0 amide bonds. The van der Waals surface area contributed by atoms with Gasteiger partial charge in [0.15, 0.2) is 11.7 Å². The lowest BCUT2D eigenvalue weighted by Gasteiger charge is -2.16. The molecule has 0 aliphatic rings. The summed E-state index contributed by atoms with van der Waals surface area (Å²) in [5.74, 6) is 0.839. The van der Waals surface area contributed by atoms with E-state index in [1.807, 2.05) is 13.8 Å². The molecule has 150 valence electrons. The SMILES string of the molecule is CCNC(=NCc1nc(C(F)(F)F)cs1)NCC(C)c1ccc(C)cc1.I. The predicted molar refractivity (Wildman–Crippen MR) is 115 cm³/mol. The van der Waals surface area contributed by atoms with E-state index in [4.69, 9.17) is 0 Å². The van der Waals surface area contributed by atoms with Crippen molar-refractivity contribution >= 4 is 41.3 Å². The number of thiazole rings is 1. The normalized spacial score (nSPS) is 13.0. The highest BCUT2D eigenvalue weighted by atomic mass is 127. The Morgan fingerprint density at radius 3 is 2.44 bits per heavy atom. The lowest BCUT2D eigenvalue weighted by Crippen LogP contribution is -2.39. The van der Waals surface area contributed by atoms with E-state index >= 15 is 0 Å². The molecule has 0 radical (unpaired) electrons. The van der Waals surface area contributed by atoms with Crippen molar-refractivity contribution in [1.29, 1.82) is 0 Å². The van der Waals surface area contributed by atoms with Gasteiger partial charge in [0.25, 0.3) is 0 Å². The van der Waals surface area contributed by atoms with E-state index in [0.717, 1.165) is 16.7 Å². The first-order valence-electron chi connectivity index (χ1n) is 8.40. The Kier molecular flexibility index (Phi) is 9.51. The number of halogens is 4. The van der Waals surface area contributed by atoms with Crippen LogP contribution in [-0.2, 0) is 12.7 Å². The third-order valence-corrected chi connectivity index (χ3v) is 4.61. The molecule has 1 atom stereocenters. The van der Waals surface area contributed by atoms with Crippen LogP contribution >= 0.6 is 35.3 Å². The van der Waals surface area contributed by atoms with Crippen molar-refractivity contribution in [1.82, 2.24) is 15.6 Å². The van der Waals surface area contributed by atoms with Crippen molar-refractivity contribution in [3.8, 4) is 0 Å². The first-order chi connectivity index (χ1) is 12.3. The second-order valence-electron chi connectivity index (χ2n) is 6.01. The molecule has 0 saturated heterocycles. The smallest absolute Gasteiger partial charge is 0.357 e. The number of guanidine groups is 1. The first kappa shape index (κ1) is 23.7. The Balaban J connectivity index is 0.00000364. The van der Waals surface area contributed by atoms with Crippen LogP contribution in [0.5, 0.6) is 0 Å². The van der Waals surface area contributed by atoms with Gasteiger partial charge in [0.05, 0.1) is 6.54 Å². The van der Waals surface area contributed by atoms with Gasteiger partial charge in [-0.25, -0.2) is 9.98 Å². The number of benzene rings is 1. The maximum Gasteiger partial charge on any atom is 0.434 e. The summed E-state index contributed by atoms with van der Waals surface area (Å²) in [4.78, 5) is 7.93. The molecule has 2 rings (SSSR count). The van der Waals surface area contributed by atoms with Crippen molar-refractivity contribution < 1.29 is 13.2 Å². The zero-order valence-corrected chi connectivity index (χ0v) is 18.6. The zero-order valence-electron chi connectivity index (χ0n) is 15.4. The van der Waals surface area contributed by atoms with Crippen molar-refractivity contribution in [3.63, 3.8) is 0 Å². The number of rotatable bonds is 6. The summed E-state index contributed by atoms with van der Waals surface area (Å²) in [6.45, 7) is 7.53. The molecular weight excluding hydrogens is 488 g/mol. The van der Waals surface area contributed by atoms with Gasteiger partial charge in [-0.2, -0.15) is 13.2 Å². The molecule has 0 bridgehead atoms. The van der Waals surface area contributed by atoms with E-state index in [1.54, 1.807) is 0 Å². The molecule has 1 aromatic heterocycles. The van der Waals surface area contributed by atoms with Crippen LogP contribution in [0.15, 0.2) is 34.6 Å². The third-order valence-electron chi connectivity index (χ3n) is 3.78. The summed E-state index contributed by atoms with van der Waals surface area (Å²) < 4.78 is 37.8. The molecule has 1 heterocycles. The largest absolute Gasteiger partial charge is 0.434 e. The second kappa shape index (κ2) is 10.8. The number of aliphatic imine (C=N–C) groups is 1. The fourth-order valence-corrected chi connectivity index (χ4v) is 2.99. The molecule has 4 nitrogen and oxygen atoms in total. The third kappa shape index (κ3) is 7.65. The molecule has 0 fully saturated rings. The molecule has 0 spiro atoms. The number of nitrogens with one attached hydrogen (secondary N) is 2. The molecule has 1 unspecified atom stereocenters. The lowest BCUT2D eigenvalue weighted by molar-refractivity contribution is -0.140. The van der Waals surface area contributed by atoms with Gasteiger partial charge in [0.1, 0.15) is 5.01 Å². The molecule has 0 aliphatic carbocycles. The van der Waals surface area contributed by atoms with Crippen LogP contribution in [0.3, 0.4) is 0 Å². The topological polar surface area (TPSA) is 49.3 Å². The number of aryl methyl sites for hydroxylation is 1. The second-order valence-corrected chi connectivity index (χ2v) is 6.95. The first-order valence-corrected chi connectivity index (χ1v) is 9.28. The van der Waals surface area contributed by atoms with Gasteiger partial charge in [-0.3, -0.25) is 0 Å². The Bertz CT molecular complexity index is 729. The molecule has 2 N–H and O–H groups in total. The number of hydrogen-bond donors (Lipinski definition) is 2. The molecule has 27 heavy (non-hydrogen) atoms. The summed E-state index contributed by atoms with van der Waals surface area (Å²) in [5.41, 5.74) is 1.57. The van der Waals surface area contributed by atoms with E-state index < -0.39 is 11.9 Å². The minimum absolute atomic E-state index is 0. The monoisotopic (exact) mass is 512 g/mol. The number of alkyl halides is 3. The van der Waals surface area contributed by atoms with Gasteiger partial charge in [-0.1, -0.05) is 36.8 Å². The average molecular weight is 512 g/mol. The van der Waals surface area contributed by atoms with E-state index in [2.05, 4.69) is 51.8 Å². The van der Waals surface area contributed by atoms with Gasteiger partial charge < -0.3 is 10.6 Å². The summed E-state index contributed by atoms with van der Waals surface area (Å²) in [7, 11) is 0. The van der Waals surface area contributed by atoms with Gasteiger partial charge in [-0.05, 0) is 25.3 Å². The van der Waals surface area contributed by atoms with Gasteiger partial charge in [-0.15, -0.1) is 35.3 Å². The van der Waals surface area contributed by atoms with Crippen molar-refractivity contribution in [2.24, 2.45) is 4.99 Å². The summed E-state index contributed by atoms with van der Waals surface area (Å²) in [6, 6.07) is 8.34. The fraction of sp³-hybridized carbons (Fsp3) is 0.444. The average Bonchev–Trinajstić information content (AvgIpc) is 3.07. The molecule has 9 heteroatoms. The standard InChI is InChI=1S/C18H23F3N4S.HI/c1-4-22-17(23-9-13(3)14-7-5-12(2)6-8-14)24-10-16-25-15(11-26-16)18(19,20)21;/h5-8,11,13H,4,9-10H2,1-3H3,(H2,22,23,24);1H. The summed E-state index contributed by atoms with van der Waals surface area (Å²) in [5, 5.41) is 7.69. The zero-order chi connectivity index (χ0) is 19.2. The number of hydrogen-bond acceptors (Lipinski definition) is 3. The highest BCUT2D eigenvalue weighted by Gasteiger charge is 2.33. The fourth-order valence-electron chi connectivity index (χ4n) is 2.26.